The van der Waals surface area contributed by atoms with E-state index in [2.05, 4.69) is 10.3 Å². The zero-order valence-corrected chi connectivity index (χ0v) is 11.0. The quantitative estimate of drug-likeness (QED) is 0.653. The number of hydrogen-bond acceptors (Lipinski definition) is 6. The van der Waals surface area contributed by atoms with Crippen molar-refractivity contribution in [3.8, 4) is 6.07 Å². The van der Waals surface area contributed by atoms with Crippen LogP contribution in [0.4, 0.5) is 11.5 Å². The zero-order chi connectivity index (χ0) is 14.4. The van der Waals surface area contributed by atoms with E-state index >= 15 is 0 Å². The fourth-order valence-electron chi connectivity index (χ4n) is 2.25. The van der Waals surface area contributed by atoms with E-state index < -0.39 is 4.92 Å². The molecule has 1 saturated heterocycles. The van der Waals surface area contributed by atoms with Gasteiger partial charge in [0.2, 0.25) is 5.82 Å². The highest BCUT2D eigenvalue weighted by atomic mass is 16.6. The van der Waals surface area contributed by atoms with Gasteiger partial charge in [-0.05, 0) is 31.7 Å². The van der Waals surface area contributed by atoms with Gasteiger partial charge in [0.25, 0.3) is 0 Å². The molecule has 1 unspecified atom stereocenters. The molecule has 0 radical (unpaired) electrons. The third kappa shape index (κ3) is 3.42. The number of pyridine rings is 1. The third-order valence-corrected chi connectivity index (χ3v) is 3.26. The van der Waals surface area contributed by atoms with Crippen molar-refractivity contribution < 1.29 is 9.66 Å². The standard InChI is InChI=1S/C13H16N4O3/c14-9-10-4-6-15-13(12(10)17(18)19)16-7-5-11-3-1-2-8-20-11/h4,6,11H,1-3,5,7-8H2,(H,15,16). The van der Waals surface area contributed by atoms with Gasteiger partial charge in [0.15, 0.2) is 0 Å². The first kappa shape index (κ1) is 14.2. The van der Waals surface area contributed by atoms with Crippen molar-refractivity contribution in [3.63, 3.8) is 0 Å². The predicted octanol–water partition coefficient (Wildman–Crippen LogP) is 2.23. The van der Waals surface area contributed by atoms with Gasteiger partial charge in [0.1, 0.15) is 11.6 Å². The molecule has 1 aliphatic rings. The Morgan fingerprint density at radius 3 is 3.10 bits per heavy atom. The average molecular weight is 276 g/mol. The van der Waals surface area contributed by atoms with Crippen molar-refractivity contribution in [3.05, 3.63) is 27.9 Å². The number of nitriles is 1. The van der Waals surface area contributed by atoms with Crippen LogP contribution in [0.5, 0.6) is 0 Å². The molecule has 0 bridgehead atoms. The molecule has 0 saturated carbocycles. The van der Waals surface area contributed by atoms with E-state index in [1.54, 1.807) is 0 Å². The summed E-state index contributed by atoms with van der Waals surface area (Å²) in [5.74, 6) is 0.143. The first-order chi connectivity index (χ1) is 9.72. The number of rotatable bonds is 5. The Morgan fingerprint density at radius 1 is 1.60 bits per heavy atom. The summed E-state index contributed by atoms with van der Waals surface area (Å²) in [6.07, 6.45) is 5.65. The summed E-state index contributed by atoms with van der Waals surface area (Å²) in [4.78, 5) is 14.4. The molecule has 7 heteroatoms. The largest absolute Gasteiger partial charge is 0.378 e. The number of aromatic nitrogens is 1. The summed E-state index contributed by atoms with van der Waals surface area (Å²) in [6, 6.07) is 3.15. The Balaban J connectivity index is 1.98. The van der Waals surface area contributed by atoms with Crippen molar-refractivity contribution in [1.82, 2.24) is 4.98 Å². The molecular formula is C13H16N4O3. The zero-order valence-electron chi connectivity index (χ0n) is 11.0. The van der Waals surface area contributed by atoms with Crippen LogP contribution in [0.25, 0.3) is 0 Å². The van der Waals surface area contributed by atoms with Crippen LogP contribution in [-0.4, -0.2) is 29.2 Å². The highest BCUT2D eigenvalue weighted by Gasteiger charge is 2.21. The Hall–Kier alpha value is -2.20. The molecule has 7 nitrogen and oxygen atoms in total. The molecule has 2 heterocycles. The Morgan fingerprint density at radius 2 is 2.45 bits per heavy atom. The van der Waals surface area contributed by atoms with E-state index in [-0.39, 0.29) is 23.2 Å². The van der Waals surface area contributed by atoms with Crippen LogP contribution in [0, 0.1) is 21.4 Å². The van der Waals surface area contributed by atoms with Gasteiger partial charge in [-0.2, -0.15) is 5.26 Å². The van der Waals surface area contributed by atoms with E-state index in [0.717, 1.165) is 32.3 Å². The molecule has 0 spiro atoms. The van der Waals surface area contributed by atoms with Crippen LogP contribution < -0.4 is 5.32 Å². The van der Waals surface area contributed by atoms with Crippen molar-refractivity contribution in [2.45, 2.75) is 31.8 Å². The normalized spacial score (nSPS) is 18.2. The molecule has 1 fully saturated rings. The molecule has 2 rings (SSSR count). The Kier molecular flexibility index (Phi) is 4.85. The molecular weight excluding hydrogens is 260 g/mol. The second kappa shape index (κ2) is 6.82. The minimum Gasteiger partial charge on any atom is -0.378 e. The summed E-state index contributed by atoms with van der Waals surface area (Å²) in [5, 5.41) is 22.8. The lowest BCUT2D eigenvalue weighted by atomic mass is 10.1. The third-order valence-electron chi connectivity index (χ3n) is 3.26. The summed E-state index contributed by atoms with van der Waals surface area (Å²) in [5.41, 5.74) is -0.249. The van der Waals surface area contributed by atoms with E-state index in [9.17, 15) is 10.1 Å². The number of hydrogen-bond donors (Lipinski definition) is 1. The van der Waals surface area contributed by atoms with Gasteiger partial charge in [0, 0.05) is 19.3 Å². The van der Waals surface area contributed by atoms with Gasteiger partial charge in [-0.25, -0.2) is 4.98 Å². The maximum Gasteiger partial charge on any atom is 0.328 e. The van der Waals surface area contributed by atoms with Gasteiger partial charge in [0.05, 0.1) is 11.0 Å². The molecule has 0 aliphatic carbocycles. The maximum atomic E-state index is 11.0. The Bertz CT molecular complexity index is 521. The monoisotopic (exact) mass is 276 g/mol. The van der Waals surface area contributed by atoms with E-state index in [0.29, 0.717) is 6.54 Å². The van der Waals surface area contributed by atoms with E-state index in [4.69, 9.17) is 10.00 Å². The second-order valence-corrected chi connectivity index (χ2v) is 4.63. The fraction of sp³-hybridized carbons (Fsp3) is 0.538. The van der Waals surface area contributed by atoms with Crippen LogP contribution in [0.1, 0.15) is 31.2 Å². The highest BCUT2D eigenvalue weighted by molar-refractivity contribution is 5.63. The summed E-state index contributed by atoms with van der Waals surface area (Å²) < 4.78 is 5.59. The van der Waals surface area contributed by atoms with Crippen molar-refractivity contribution in [1.29, 1.82) is 5.26 Å². The van der Waals surface area contributed by atoms with E-state index in [1.165, 1.54) is 12.3 Å². The molecule has 1 atom stereocenters. The minimum atomic E-state index is -0.578. The molecule has 106 valence electrons. The highest BCUT2D eigenvalue weighted by Crippen LogP contribution is 2.25. The maximum absolute atomic E-state index is 11.0. The topological polar surface area (TPSA) is 101 Å². The van der Waals surface area contributed by atoms with Gasteiger partial charge in [-0.3, -0.25) is 10.1 Å². The van der Waals surface area contributed by atoms with Gasteiger partial charge < -0.3 is 10.1 Å². The lowest BCUT2D eigenvalue weighted by Gasteiger charge is -2.22. The van der Waals surface area contributed by atoms with Gasteiger partial charge in [-0.15, -0.1) is 0 Å². The number of anilines is 1. The lowest BCUT2D eigenvalue weighted by Crippen LogP contribution is -2.22. The molecule has 1 aromatic rings. The molecule has 0 aromatic carbocycles. The predicted molar refractivity (Wildman–Crippen MR) is 72.3 cm³/mol. The van der Waals surface area contributed by atoms with E-state index in [1.807, 2.05) is 6.07 Å². The van der Waals surface area contributed by atoms with Crippen molar-refractivity contribution >= 4 is 11.5 Å². The molecule has 0 amide bonds. The number of nitro groups is 1. The average Bonchev–Trinajstić information content (AvgIpc) is 2.47. The van der Waals surface area contributed by atoms with Crippen molar-refractivity contribution in [2.24, 2.45) is 0 Å². The van der Waals surface area contributed by atoms with Crippen LogP contribution in [0.2, 0.25) is 0 Å². The summed E-state index contributed by atoms with van der Waals surface area (Å²) in [6.45, 7) is 1.32. The first-order valence-electron chi connectivity index (χ1n) is 6.61. The molecule has 1 N–H and O–H groups in total. The van der Waals surface area contributed by atoms with Crippen LogP contribution in [-0.2, 0) is 4.74 Å². The lowest BCUT2D eigenvalue weighted by molar-refractivity contribution is -0.384. The number of nitrogens with zero attached hydrogens (tertiary/aromatic N) is 3. The van der Waals surface area contributed by atoms with Crippen LogP contribution >= 0.6 is 0 Å². The van der Waals surface area contributed by atoms with Crippen LogP contribution in [0.3, 0.4) is 0 Å². The van der Waals surface area contributed by atoms with Crippen molar-refractivity contribution in [2.75, 3.05) is 18.5 Å². The second-order valence-electron chi connectivity index (χ2n) is 4.63. The van der Waals surface area contributed by atoms with Crippen LogP contribution in [0.15, 0.2) is 12.3 Å². The fourth-order valence-corrected chi connectivity index (χ4v) is 2.25. The summed E-state index contributed by atoms with van der Waals surface area (Å²) in [7, 11) is 0. The molecule has 1 aromatic heterocycles. The SMILES string of the molecule is N#Cc1ccnc(NCCC2CCCCO2)c1[N+](=O)[O-]. The summed E-state index contributed by atoms with van der Waals surface area (Å²) >= 11 is 0. The van der Waals surface area contributed by atoms with Gasteiger partial charge in [-0.1, -0.05) is 0 Å². The Labute approximate surface area is 116 Å². The number of nitrogens with one attached hydrogen (secondary N) is 1. The smallest absolute Gasteiger partial charge is 0.328 e. The minimum absolute atomic E-state index is 0.0152. The first-order valence-corrected chi connectivity index (χ1v) is 6.61. The number of ether oxygens (including phenoxy) is 1. The van der Waals surface area contributed by atoms with Gasteiger partial charge >= 0.3 is 5.69 Å². The molecule has 20 heavy (non-hydrogen) atoms. The molecule has 1 aliphatic heterocycles.